The third-order valence-corrected chi connectivity index (χ3v) is 5.12. The molecule has 1 aliphatic rings. The van der Waals surface area contributed by atoms with Crippen LogP contribution in [-0.4, -0.2) is 64.4 Å². The largest absolute Gasteiger partial charge is 0.491 e. The Kier molecular flexibility index (Phi) is 10.1. The molecular weight excluding hydrogens is 352 g/mol. The van der Waals surface area contributed by atoms with Crippen molar-refractivity contribution in [1.82, 2.24) is 15.5 Å². The Labute approximate surface area is 170 Å². The van der Waals surface area contributed by atoms with Crippen LogP contribution in [0, 0.1) is 12.8 Å². The Morgan fingerprint density at radius 1 is 1.29 bits per heavy atom. The minimum absolute atomic E-state index is 0.551. The van der Waals surface area contributed by atoms with E-state index < -0.39 is 0 Å². The zero-order chi connectivity index (χ0) is 20.2. The van der Waals surface area contributed by atoms with Gasteiger partial charge in [0, 0.05) is 39.4 Å². The molecule has 1 atom stereocenters. The predicted molar refractivity (Wildman–Crippen MR) is 116 cm³/mol. The maximum Gasteiger partial charge on any atom is 0.191 e. The van der Waals surface area contributed by atoms with Crippen LogP contribution < -0.4 is 15.4 Å². The Balaban J connectivity index is 1.74. The van der Waals surface area contributed by atoms with Crippen molar-refractivity contribution in [2.45, 2.75) is 39.7 Å². The number of piperidine rings is 1. The van der Waals surface area contributed by atoms with Gasteiger partial charge in [-0.05, 0) is 56.8 Å². The Morgan fingerprint density at radius 2 is 2.14 bits per heavy atom. The molecule has 158 valence electrons. The summed E-state index contributed by atoms with van der Waals surface area (Å²) < 4.78 is 10.9. The molecule has 0 radical (unpaired) electrons. The third kappa shape index (κ3) is 8.07. The highest BCUT2D eigenvalue weighted by atomic mass is 16.5. The molecule has 1 heterocycles. The van der Waals surface area contributed by atoms with E-state index in [0.717, 1.165) is 42.7 Å². The normalized spacial score (nSPS) is 18.1. The maximum atomic E-state index is 5.87. The molecule has 28 heavy (non-hydrogen) atoms. The van der Waals surface area contributed by atoms with Crippen LogP contribution in [-0.2, 0) is 11.3 Å². The molecule has 6 nitrogen and oxygen atoms in total. The molecule has 0 aromatic heterocycles. The molecule has 1 aromatic rings. The number of guanidine groups is 1. The number of aryl methyl sites for hydroxylation is 1. The van der Waals surface area contributed by atoms with Gasteiger partial charge in [0.1, 0.15) is 12.4 Å². The summed E-state index contributed by atoms with van der Waals surface area (Å²) in [5.74, 6) is 2.57. The van der Waals surface area contributed by atoms with Crippen molar-refractivity contribution in [3.63, 3.8) is 0 Å². The standard InChI is InChI=1S/C22H38N4O2/c1-18-8-9-20(21(15-18)28-14-13-27-4)16-25-22(23-3)24-10-6-12-26-11-5-7-19(2)17-26/h8-9,15,19H,5-7,10-14,16-17H2,1-4H3,(H2,23,24,25). The second-order valence-corrected chi connectivity index (χ2v) is 7.71. The van der Waals surface area contributed by atoms with E-state index in [0.29, 0.717) is 19.8 Å². The lowest BCUT2D eigenvalue weighted by atomic mass is 10.0. The smallest absolute Gasteiger partial charge is 0.191 e. The Morgan fingerprint density at radius 3 is 2.89 bits per heavy atom. The summed E-state index contributed by atoms with van der Waals surface area (Å²) in [4.78, 5) is 6.93. The van der Waals surface area contributed by atoms with Crippen LogP contribution in [0.15, 0.2) is 23.2 Å². The molecule has 0 saturated carbocycles. The quantitative estimate of drug-likeness (QED) is 0.365. The first-order valence-corrected chi connectivity index (χ1v) is 10.5. The predicted octanol–water partition coefficient (Wildman–Crippen LogP) is 2.81. The number of hydrogen-bond acceptors (Lipinski definition) is 4. The Hall–Kier alpha value is -1.79. The molecule has 6 heteroatoms. The summed E-state index contributed by atoms with van der Waals surface area (Å²) in [7, 11) is 3.50. The van der Waals surface area contributed by atoms with Gasteiger partial charge in [-0.2, -0.15) is 0 Å². The van der Waals surface area contributed by atoms with Gasteiger partial charge in [0.25, 0.3) is 0 Å². The molecule has 1 unspecified atom stereocenters. The van der Waals surface area contributed by atoms with Gasteiger partial charge in [0.15, 0.2) is 5.96 Å². The van der Waals surface area contributed by atoms with E-state index in [1.807, 2.05) is 7.05 Å². The van der Waals surface area contributed by atoms with Gasteiger partial charge < -0.3 is 25.0 Å². The van der Waals surface area contributed by atoms with Crippen LogP contribution in [0.1, 0.15) is 37.3 Å². The van der Waals surface area contributed by atoms with Gasteiger partial charge in [-0.25, -0.2) is 0 Å². The fourth-order valence-corrected chi connectivity index (χ4v) is 3.58. The van der Waals surface area contributed by atoms with E-state index in [9.17, 15) is 0 Å². The first-order valence-electron chi connectivity index (χ1n) is 10.5. The van der Waals surface area contributed by atoms with Crippen LogP contribution in [0.5, 0.6) is 5.75 Å². The average molecular weight is 391 g/mol. The van der Waals surface area contributed by atoms with E-state index in [4.69, 9.17) is 9.47 Å². The summed E-state index contributed by atoms with van der Waals surface area (Å²) in [6.45, 7) is 10.8. The molecule has 1 aromatic carbocycles. The minimum Gasteiger partial charge on any atom is -0.491 e. The number of benzene rings is 1. The van der Waals surface area contributed by atoms with E-state index >= 15 is 0 Å². The number of hydrogen-bond donors (Lipinski definition) is 2. The zero-order valence-electron chi connectivity index (χ0n) is 18.1. The highest BCUT2D eigenvalue weighted by Gasteiger charge is 2.15. The van der Waals surface area contributed by atoms with Gasteiger partial charge in [0.05, 0.1) is 6.61 Å². The van der Waals surface area contributed by atoms with Crippen LogP contribution in [0.25, 0.3) is 0 Å². The van der Waals surface area contributed by atoms with Crippen molar-refractivity contribution in [2.24, 2.45) is 10.9 Å². The van der Waals surface area contributed by atoms with Crippen molar-refractivity contribution < 1.29 is 9.47 Å². The van der Waals surface area contributed by atoms with Crippen LogP contribution >= 0.6 is 0 Å². The highest BCUT2D eigenvalue weighted by Crippen LogP contribution is 2.20. The summed E-state index contributed by atoms with van der Waals surface area (Å²) in [5, 5.41) is 6.82. The second kappa shape index (κ2) is 12.6. The number of ether oxygens (including phenoxy) is 2. The first kappa shape index (κ1) is 22.5. The van der Waals surface area contributed by atoms with E-state index in [1.165, 1.54) is 31.5 Å². The van der Waals surface area contributed by atoms with Crippen molar-refractivity contribution in [3.05, 3.63) is 29.3 Å². The molecule has 2 N–H and O–H groups in total. The number of likely N-dealkylation sites (tertiary alicyclic amines) is 1. The highest BCUT2D eigenvalue weighted by molar-refractivity contribution is 5.79. The monoisotopic (exact) mass is 390 g/mol. The molecule has 1 fully saturated rings. The topological polar surface area (TPSA) is 58.1 Å². The minimum atomic E-state index is 0.551. The van der Waals surface area contributed by atoms with Crippen molar-refractivity contribution in [2.75, 3.05) is 53.6 Å². The van der Waals surface area contributed by atoms with Crippen LogP contribution in [0.3, 0.4) is 0 Å². The summed E-state index contributed by atoms with van der Waals surface area (Å²) in [6.07, 6.45) is 3.84. The first-order chi connectivity index (χ1) is 13.6. The summed E-state index contributed by atoms with van der Waals surface area (Å²) >= 11 is 0. The molecular formula is C22H38N4O2. The van der Waals surface area contributed by atoms with Gasteiger partial charge in [0.2, 0.25) is 0 Å². The second-order valence-electron chi connectivity index (χ2n) is 7.71. The fraction of sp³-hybridized carbons (Fsp3) is 0.682. The number of nitrogens with one attached hydrogen (secondary N) is 2. The number of methoxy groups -OCH3 is 1. The molecule has 0 aliphatic carbocycles. The van der Waals surface area contributed by atoms with E-state index in [-0.39, 0.29) is 0 Å². The number of rotatable bonds is 10. The third-order valence-electron chi connectivity index (χ3n) is 5.12. The molecule has 0 amide bonds. The lowest BCUT2D eigenvalue weighted by molar-refractivity contribution is 0.145. The average Bonchev–Trinajstić information content (AvgIpc) is 2.69. The molecule has 0 spiro atoms. The van der Waals surface area contributed by atoms with Gasteiger partial charge in [-0.1, -0.05) is 19.1 Å². The van der Waals surface area contributed by atoms with E-state index in [2.05, 4.69) is 52.6 Å². The summed E-state index contributed by atoms with van der Waals surface area (Å²) in [5.41, 5.74) is 2.30. The fourth-order valence-electron chi connectivity index (χ4n) is 3.58. The van der Waals surface area contributed by atoms with Crippen LogP contribution in [0.2, 0.25) is 0 Å². The van der Waals surface area contributed by atoms with Crippen molar-refractivity contribution in [1.29, 1.82) is 0 Å². The SMILES string of the molecule is CN=C(NCCCN1CCCC(C)C1)NCc1ccc(C)cc1OCCOC. The number of nitrogens with zero attached hydrogens (tertiary/aromatic N) is 2. The lowest BCUT2D eigenvalue weighted by Crippen LogP contribution is -2.39. The lowest BCUT2D eigenvalue weighted by Gasteiger charge is -2.30. The number of aliphatic imine (C=N–C) groups is 1. The summed E-state index contributed by atoms with van der Waals surface area (Å²) in [6, 6.07) is 6.29. The van der Waals surface area contributed by atoms with Gasteiger partial charge in [-0.3, -0.25) is 4.99 Å². The molecule has 0 bridgehead atoms. The molecule has 2 rings (SSSR count). The Bertz CT molecular complexity index is 606. The van der Waals surface area contributed by atoms with Crippen molar-refractivity contribution >= 4 is 5.96 Å². The van der Waals surface area contributed by atoms with Gasteiger partial charge >= 0.3 is 0 Å². The molecule has 1 aliphatic heterocycles. The van der Waals surface area contributed by atoms with Crippen LogP contribution in [0.4, 0.5) is 0 Å². The van der Waals surface area contributed by atoms with E-state index in [1.54, 1.807) is 7.11 Å². The zero-order valence-corrected chi connectivity index (χ0v) is 18.1. The molecule has 1 saturated heterocycles. The van der Waals surface area contributed by atoms with Gasteiger partial charge in [-0.15, -0.1) is 0 Å². The maximum absolute atomic E-state index is 5.87. The van der Waals surface area contributed by atoms with Crippen molar-refractivity contribution in [3.8, 4) is 5.75 Å².